The zero-order valence-electron chi connectivity index (χ0n) is 43.8. The largest absolute Gasteiger partial charge is 0.489 e. The number of nitrogens with two attached hydrogens (primary N) is 1. The maximum atomic E-state index is 13.7. The van der Waals surface area contributed by atoms with E-state index in [4.69, 9.17) is 10.5 Å². The molecule has 74 heavy (non-hydrogen) atoms. The molecule has 15 nitrogen and oxygen atoms in total. The second kappa shape index (κ2) is 20.3. The van der Waals surface area contributed by atoms with Gasteiger partial charge in [0.2, 0.25) is 11.9 Å². The van der Waals surface area contributed by atoms with E-state index < -0.39 is 34.2 Å². The number of nitriles is 1. The highest BCUT2D eigenvalue weighted by Gasteiger charge is 2.64. The Kier molecular flexibility index (Phi) is 14.4. The number of aliphatic imine (C=N–C) groups is 1. The number of likely N-dealkylation sites (tertiary alicyclic amines) is 1. The Balaban J connectivity index is 0.753. The van der Waals surface area contributed by atoms with Crippen LogP contribution in [0, 0.1) is 39.9 Å². The molecule has 2 saturated carbocycles. The smallest absolute Gasteiger partial charge is 0.417 e. The second-order valence-electron chi connectivity index (χ2n) is 22.7. The number of piperidine rings is 1. The summed E-state index contributed by atoms with van der Waals surface area (Å²) in [5, 5.41) is 25.9. The molecule has 0 unspecified atom stereocenters. The first kappa shape index (κ1) is 52.4. The number of carbonyl (C=O) groups excluding carboxylic acids is 2. The Bertz CT molecular complexity index is 2770. The van der Waals surface area contributed by atoms with Gasteiger partial charge in [0.05, 0.1) is 29.3 Å². The van der Waals surface area contributed by atoms with Gasteiger partial charge in [-0.25, -0.2) is 9.97 Å². The van der Waals surface area contributed by atoms with Gasteiger partial charge in [0.1, 0.15) is 17.7 Å². The van der Waals surface area contributed by atoms with Gasteiger partial charge in [0.15, 0.2) is 0 Å². The molecular formula is C56H71F3N12O3. The van der Waals surface area contributed by atoms with Crippen LogP contribution in [0.1, 0.15) is 124 Å². The topological polar surface area (TPSA) is 192 Å². The number of benzene rings is 2. The first-order valence-electron chi connectivity index (χ1n) is 26.1. The summed E-state index contributed by atoms with van der Waals surface area (Å²) in [7, 11) is 1.74. The molecule has 0 atom stereocenters. The molecule has 0 radical (unpaired) electrons. The number of aromatic nitrogens is 2. The van der Waals surface area contributed by atoms with E-state index in [-0.39, 0.29) is 29.0 Å². The van der Waals surface area contributed by atoms with Crippen LogP contribution in [0.15, 0.2) is 65.2 Å². The van der Waals surface area contributed by atoms with Crippen molar-refractivity contribution in [3.05, 3.63) is 93.6 Å². The SMILES string of the molecule is CN=C/C(=C\N)c1cc2c(cc1C)N(C(=N)C1=C(NC3CCN(C4CCC5(CC4)CN(c4ncc(C(=O)NC6C(C)(C)C(Oc7ccc(C#N)c(C(F)(F)F)c7)C6(C)C)cn4)C5)CC3)CCN(C(C)=O)C1)CCC2. The molecule has 2 amide bonds. The molecule has 5 heterocycles. The van der Waals surface area contributed by atoms with Crippen LogP contribution in [0.5, 0.6) is 5.75 Å². The lowest BCUT2D eigenvalue weighted by atomic mass is 9.49. The van der Waals surface area contributed by atoms with Gasteiger partial charge in [-0.2, -0.15) is 18.4 Å². The number of hydrogen-bond acceptors (Lipinski definition) is 12. The molecule has 1 aromatic heterocycles. The number of amidine groups is 1. The van der Waals surface area contributed by atoms with Crippen LogP contribution >= 0.6 is 0 Å². The number of rotatable bonds is 11. The van der Waals surface area contributed by atoms with E-state index in [9.17, 15) is 33.4 Å². The van der Waals surface area contributed by atoms with E-state index in [1.165, 1.54) is 11.6 Å². The van der Waals surface area contributed by atoms with Crippen LogP contribution in [0.3, 0.4) is 0 Å². The monoisotopic (exact) mass is 1020 g/mol. The third-order valence-corrected chi connectivity index (χ3v) is 17.1. The highest BCUT2D eigenvalue weighted by Crippen LogP contribution is 2.56. The normalized spacial score (nSPS) is 23.2. The Labute approximate surface area is 433 Å². The zero-order valence-corrected chi connectivity index (χ0v) is 43.8. The second-order valence-corrected chi connectivity index (χ2v) is 22.7. The molecule has 2 aliphatic carbocycles. The molecule has 5 N–H and O–H groups in total. The molecule has 2 saturated heterocycles. The highest BCUT2D eigenvalue weighted by molar-refractivity contribution is 6.12. The lowest BCUT2D eigenvalue weighted by Crippen LogP contribution is -2.74. The fraction of sp³-hybridized carbons (Fsp3) is 0.554. The van der Waals surface area contributed by atoms with Gasteiger partial charge in [-0.15, -0.1) is 0 Å². The quantitative estimate of drug-likeness (QED) is 0.107. The standard InChI is InChI=1S/C56H71F3N12O3/c1-34-23-47-36(24-43(34)38(27-61)28-63-7)9-8-19-71(47)48(62)44-31-69(35(2)72)22-16-46(44)66-40-14-20-68(21-15-40)41-12-17-55(18-13-41)32-70(33-55)52-64-29-39(30-65-52)49(73)67-50-53(3,4)51(54(50,5)6)74-42-11-10-37(26-60)45(25-42)56(57,58)59/h10-11,23-25,27-30,40-41,50-51,62,66H,8-9,12-22,31-33,61H2,1-7H3,(H,67,73)/b38-27+,62-48?,63-28?. The zero-order chi connectivity index (χ0) is 52.9. The summed E-state index contributed by atoms with van der Waals surface area (Å²) in [4.78, 5) is 48.5. The molecule has 4 fully saturated rings. The van der Waals surface area contributed by atoms with E-state index in [1.807, 2.05) is 32.6 Å². The van der Waals surface area contributed by atoms with Gasteiger partial charge in [-0.1, -0.05) is 27.7 Å². The predicted molar refractivity (Wildman–Crippen MR) is 281 cm³/mol. The van der Waals surface area contributed by atoms with Gasteiger partial charge in [-0.05, 0) is 105 Å². The van der Waals surface area contributed by atoms with Crippen molar-refractivity contribution in [2.24, 2.45) is 27.0 Å². The first-order chi connectivity index (χ1) is 35.2. The lowest BCUT2D eigenvalue weighted by molar-refractivity contribution is -0.164. The van der Waals surface area contributed by atoms with Crippen LogP contribution in [-0.4, -0.2) is 121 Å². The van der Waals surface area contributed by atoms with Crippen LogP contribution in [0.4, 0.5) is 24.8 Å². The van der Waals surface area contributed by atoms with Crippen molar-refractivity contribution in [1.82, 2.24) is 30.4 Å². The van der Waals surface area contributed by atoms with E-state index in [2.05, 4.69) is 59.4 Å². The van der Waals surface area contributed by atoms with E-state index in [0.717, 1.165) is 130 Å². The molecule has 1 spiro atoms. The number of carbonyl (C=O) groups is 2. The minimum atomic E-state index is -4.70. The highest BCUT2D eigenvalue weighted by atomic mass is 19.4. The molecular weight excluding hydrogens is 946 g/mol. The van der Waals surface area contributed by atoms with Crippen molar-refractivity contribution < 1.29 is 27.5 Å². The van der Waals surface area contributed by atoms with E-state index in [0.29, 0.717) is 48.9 Å². The summed E-state index contributed by atoms with van der Waals surface area (Å²) in [6, 6.07) is 9.82. The van der Waals surface area contributed by atoms with Gasteiger partial charge >= 0.3 is 6.18 Å². The fourth-order valence-electron chi connectivity index (χ4n) is 13.3. The van der Waals surface area contributed by atoms with E-state index >= 15 is 0 Å². The molecule has 394 valence electrons. The molecule has 6 aliphatic rings. The Morgan fingerprint density at radius 3 is 2.30 bits per heavy atom. The van der Waals surface area contributed by atoms with E-state index in [1.54, 1.807) is 44.8 Å². The van der Waals surface area contributed by atoms with Gasteiger partial charge in [0.25, 0.3) is 5.91 Å². The number of hydrogen-bond donors (Lipinski definition) is 4. The number of amides is 2. The molecule has 0 bridgehead atoms. The summed E-state index contributed by atoms with van der Waals surface area (Å²) in [5.41, 5.74) is 11.0. The number of anilines is 2. The number of fused-ring (bicyclic) bond motifs is 1. The summed E-state index contributed by atoms with van der Waals surface area (Å²) >= 11 is 0. The van der Waals surface area contributed by atoms with Crippen molar-refractivity contribution >= 4 is 41.1 Å². The van der Waals surface area contributed by atoms with Gasteiger partial charge in [0, 0.05) is 141 Å². The summed E-state index contributed by atoms with van der Waals surface area (Å²) < 4.78 is 47.2. The number of halogens is 3. The summed E-state index contributed by atoms with van der Waals surface area (Å²) in [5.74, 6) is 0.773. The van der Waals surface area contributed by atoms with Crippen molar-refractivity contribution in [3.63, 3.8) is 0 Å². The summed E-state index contributed by atoms with van der Waals surface area (Å²) in [6.07, 6.45) is 10.4. The number of nitrogens with one attached hydrogen (secondary N) is 3. The molecule has 3 aromatic rings. The third kappa shape index (κ3) is 10.1. The molecule has 2 aromatic carbocycles. The minimum absolute atomic E-state index is 0.0130. The minimum Gasteiger partial charge on any atom is -0.489 e. The van der Waals surface area contributed by atoms with Gasteiger partial charge < -0.3 is 40.7 Å². The van der Waals surface area contributed by atoms with Crippen molar-refractivity contribution in [2.75, 3.05) is 62.7 Å². The predicted octanol–water partition coefficient (Wildman–Crippen LogP) is 8.03. The molecule has 9 rings (SSSR count). The fourth-order valence-corrected chi connectivity index (χ4v) is 13.3. The maximum Gasteiger partial charge on any atom is 0.417 e. The third-order valence-electron chi connectivity index (χ3n) is 17.1. The molecule has 4 aliphatic heterocycles. The number of alkyl halides is 3. The van der Waals surface area contributed by atoms with Crippen LogP contribution in [0.25, 0.3) is 5.57 Å². The van der Waals surface area contributed by atoms with Crippen molar-refractivity contribution in [2.45, 2.75) is 130 Å². The maximum absolute atomic E-state index is 13.7. The molecule has 18 heteroatoms. The Morgan fingerprint density at radius 2 is 1.68 bits per heavy atom. The number of ether oxygens (including phenoxy) is 1. The van der Waals surface area contributed by atoms with Crippen LogP contribution in [-0.2, 0) is 17.4 Å². The Hall–Kier alpha value is -6.48. The average Bonchev–Trinajstić information content (AvgIpc) is 3.37. The Morgan fingerprint density at radius 1 is 0.986 bits per heavy atom. The van der Waals surface area contributed by atoms with Crippen LogP contribution < -0.4 is 30.9 Å². The van der Waals surface area contributed by atoms with Gasteiger partial charge in [-0.3, -0.25) is 20.0 Å². The number of allylic oxidation sites excluding steroid dienone is 1. The lowest BCUT2D eigenvalue weighted by Gasteiger charge is -2.63. The summed E-state index contributed by atoms with van der Waals surface area (Å²) in [6.45, 7) is 16.9. The average molecular weight is 1020 g/mol. The first-order valence-corrected chi connectivity index (χ1v) is 26.1. The van der Waals surface area contributed by atoms with Crippen LogP contribution in [0.2, 0.25) is 0 Å². The van der Waals surface area contributed by atoms with Crippen molar-refractivity contribution in [1.29, 1.82) is 10.7 Å². The number of aryl methyl sites for hydroxylation is 2. The number of nitrogens with zero attached hydrogens (tertiary/aromatic N) is 8. The van der Waals surface area contributed by atoms with Crippen molar-refractivity contribution in [3.8, 4) is 11.8 Å².